The first kappa shape index (κ1) is 17.6. The van der Waals surface area contributed by atoms with Gasteiger partial charge in [-0.05, 0) is 24.3 Å². The number of piperazine rings is 1. The minimum absolute atomic E-state index is 0.148. The van der Waals surface area contributed by atoms with Crippen LogP contribution in [0, 0.1) is 0 Å². The molecular formula is C20H21N5OS. The van der Waals surface area contributed by atoms with Gasteiger partial charge < -0.3 is 9.80 Å². The second kappa shape index (κ2) is 8.26. The normalized spacial score (nSPS) is 14.4. The monoisotopic (exact) mass is 379 g/mol. The Labute approximate surface area is 162 Å². The lowest BCUT2D eigenvalue weighted by atomic mass is 10.2. The molecule has 6 nitrogen and oxygen atoms in total. The minimum atomic E-state index is 0.148. The molecule has 0 unspecified atom stereocenters. The number of benzene rings is 2. The van der Waals surface area contributed by atoms with Gasteiger partial charge in [-0.3, -0.25) is 9.36 Å². The third-order valence-electron chi connectivity index (χ3n) is 4.63. The Balaban J connectivity index is 1.32. The van der Waals surface area contributed by atoms with Crippen molar-refractivity contribution in [3.63, 3.8) is 0 Å². The van der Waals surface area contributed by atoms with Crippen molar-refractivity contribution in [3.8, 4) is 5.69 Å². The molecule has 1 amide bonds. The molecule has 4 rings (SSSR count). The second-order valence-corrected chi connectivity index (χ2v) is 7.25. The van der Waals surface area contributed by atoms with Gasteiger partial charge in [-0.15, -0.1) is 10.2 Å². The molecule has 7 heteroatoms. The first-order valence-electron chi connectivity index (χ1n) is 8.97. The van der Waals surface area contributed by atoms with Gasteiger partial charge in [0, 0.05) is 37.6 Å². The molecule has 138 valence electrons. The summed E-state index contributed by atoms with van der Waals surface area (Å²) in [5.74, 6) is 0.520. The van der Waals surface area contributed by atoms with Gasteiger partial charge >= 0.3 is 0 Å². The van der Waals surface area contributed by atoms with E-state index in [2.05, 4.69) is 27.2 Å². The van der Waals surface area contributed by atoms with Crippen LogP contribution in [0.5, 0.6) is 0 Å². The van der Waals surface area contributed by atoms with E-state index in [0.29, 0.717) is 5.75 Å². The SMILES string of the molecule is O=C(CSc1nncn1-c1ccccc1)N1CCN(c2ccccc2)CC1. The van der Waals surface area contributed by atoms with Gasteiger partial charge in [-0.1, -0.05) is 48.2 Å². The topological polar surface area (TPSA) is 54.3 Å². The van der Waals surface area contributed by atoms with Crippen molar-refractivity contribution in [2.75, 3.05) is 36.8 Å². The van der Waals surface area contributed by atoms with E-state index in [1.807, 2.05) is 58.0 Å². The highest BCUT2D eigenvalue weighted by molar-refractivity contribution is 7.99. The molecule has 0 radical (unpaired) electrons. The Kier molecular flexibility index (Phi) is 5.39. The van der Waals surface area contributed by atoms with Crippen LogP contribution in [-0.4, -0.2) is 57.5 Å². The summed E-state index contributed by atoms with van der Waals surface area (Å²) in [5.41, 5.74) is 2.21. The van der Waals surface area contributed by atoms with E-state index in [0.717, 1.165) is 37.0 Å². The van der Waals surface area contributed by atoms with Crippen molar-refractivity contribution in [2.24, 2.45) is 0 Å². The zero-order valence-electron chi connectivity index (χ0n) is 14.9. The van der Waals surface area contributed by atoms with Crippen LogP contribution in [0.3, 0.4) is 0 Å². The summed E-state index contributed by atoms with van der Waals surface area (Å²) < 4.78 is 1.91. The smallest absolute Gasteiger partial charge is 0.233 e. The van der Waals surface area contributed by atoms with E-state index in [1.165, 1.54) is 17.4 Å². The number of thioether (sulfide) groups is 1. The summed E-state index contributed by atoms with van der Waals surface area (Å²) in [6, 6.07) is 20.3. The lowest BCUT2D eigenvalue weighted by Gasteiger charge is -2.36. The molecule has 2 aromatic carbocycles. The van der Waals surface area contributed by atoms with Gasteiger partial charge in [0.25, 0.3) is 0 Å². The quantitative estimate of drug-likeness (QED) is 0.638. The first-order valence-corrected chi connectivity index (χ1v) is 9.96. The summed E-state index contributed by atoms with van der Waals surface area (Å²) in [6.45, 7) is 3.22. The van der Waals surface area contributed by atoms with Crippen LogP contribution in [0.25, 0.3) is 5.69 Å². The van der Waals surface area contributed by atoms with E-state index >= 15 is 0 Å². The average Bonchev–Trinajstić information content (AvgIpc) is 3.22. The molecule has 1 aliphatic rings. The van der Waals surface area contributed by atoms with Crippen LogP contribution in [0.15, 0.2) is 72.1 Å². The van der Waals surface area contributed by atoms with Gasteiger partial charge in [-0.25, -0.2) is 0 Å². The number of carbonyl (C=O) groups is 1. The molecule has 1 saturated heterocycles. The molecule has 3 aromatic rings. The third kappa shape index (κ3) is 4.14. The molecule has 2 heterocycles. The van der Waals surface area contributed by atoms with Crippen LogP contribution < -0.4 is 4.90 Å². The molecule has 0 saturated carbocycles. The molecule has 1 aliphatic heterocycles. The molecule has 0 aliphatic carbocycles. The zero-order chi connectivity index (χ0) is 18.5. The molecule has 27 heavy (non-hydrogen) atoms. The number of carbonyl (C=O) groups excluding carboxylic acids is 1. The van der Waals surface area contributed by atoms with Gasteiger partial charge in [0.2, 0.25) is 5.91 Å². The van der Waals surface area contributed by atoms with Gasteiger partial charge in [0.1, 0.15) is 6.33 Å². The van der Waals surface area contributed by atoms with Crippen molar-refractivity contribution in [1.82, 2.24) is 19.7 Å². The fraction of sp³-hybridized carbons (Fsp3) is 0.250. The number of para-hydroxylation sites is 2. The standard InChI is InChI=1S/C20H21N5OS/c26-19(24-13-11-23(12-14-24)17-7-3-1-4-8-17)15-27-20-22-21-16-25(20)18-9-5-2-6-10-18/h1-10,16H,11-15H2. The van der Waals surface area contributed by atoms with Crippen LogP contribution in [-0.2, 0) is 4.79 Å². The van der Waals surface area contributed by atoms with E-state index in [1.54, 1.807) is 6.33 Å². The Morgan fingerprint density at radius 3 is 2.19 bits per heavy atom. The van der Waals surface area contributed by atoms with Crippen LogP contribution in [0.2, 0.25) is 0 Å². The first-order chi connectivity index (χ1) is 13.3. The lowest BCUT2D eigenvalue weighted by Crippen LogP contribution is -2.49. The molecule has 0 atom stereocenters. The van der Waals surface area contributed by atoms with Crippen molar-refractivity contribution in [1.29, 1.82) is 0 Å². The fourth-order valence-corrected chi connectivity index (χ4v) is 3.99. The van der Waals surface area contributed by atoms with Gasteiger partial charge in [0.15, 0.2) is 5.16 Å². The Morgan fingerprint density at radius 1 is 0.889 bits per heavy atom. The Hall–Kier alpha value is -2.80. The van der Waals surface area contributed by atoms with Crippen LogP contribution in [0.1, 0.15) is 0 Å². The van der Waals surface area contributed by atoms with Crippen molar-refractivity contribution >= 4 is 23.4 Å². The molecule has 0 bridgehead atoms. The Bertz CT molecular complexity index is 876. The van der Waals surface area contributed by atoms with E-state index < -0.39 is 0 Å². The number of anilines is 1. The third-order valence-corrected chi connectivity index (χ3v) is 5.56. The maximum atomic E-state index is 12.6. The highest BCUT2D eigenvalue weighted by atomic mass is 32.2. The maximum absolute atomic E-state index is 12.6. The van der Waals surface area contributed by atoms with Crippen LogP contribution >= 0.6 is 11.8 Å². The van der Waals surface area contributed by atoms with E-state index in [-0.39, 0.29) is 5.91 Å². The summed E-state index contributed by atoms with van der Waals surface area (Å²) in [6.07, 6.45) is 1.68. The number of amides is 1. The summed E-state index contributed by atoms with van der Waals surface area (Å²) in [4.78, 5) is 16.9. The van der Waals surface area contributed by atoms with Gasteiger partial charge in [-0.2, -0.15) is 0 Å². The molecule has 0 spiro atoms. The number of rotatable bonds is 5. The zero-order valence-corrected chi connectivity index (χ0v) is 15.8. The number of hydrogen-bond acceptors (Lipinski definition) is 5. The molecular weight excluding hydrogens is 358 g/mol. The summed E-state index contributed by atoms with van der Waals surface area (Å²) >= 11 is 1.43. The van der Waals surface area contributed by atoms with E-state index in [9.17, 15) is 4.79 Å². The van der Waals surface area contributed by atoms with Crippen molar-refractivity contribution in [3.05, 3.63) is 67.0 Å². The van der Waals surface area contributed by atoms with Gasteiger partial charge in [0.05, 0.1) is 5.75 Å². The Morgan fingerprint density at radius 2 is 1.52 bits per heavy atom. The largest absolute Gasteiger partial charge is 0.368 e. The maximum Gasteiger partial charge on any atom is 0.233 e. The van der Waals surface area contributed by atoms with Crippen molar-refractivity contribution in [2.45, 2.75) is 5.16 Å². The number of hydrogen-bond donors (Lipinski definition) is 0. The molecule has 1 aromatic heterocycles. The molecule has 0 N–H and O–H groups in total. The lowest BCUT2D eigenvalue weighted by molar-refractivity contribution is -0.128. The number of nitrogens with zero attached hydrogens (tertiary/aromatic N) is 5. The highest BCUT2D eigenvalue weighted by Crippen LogP contribution is 2.21. The second-order valence-electron chi connectivity index (χ2n) is 6.31. The molecule has 1 fully saturated rings. The highest BCUT2D eigenvalue weighted by Gasteiger charge is 2.22. The van der Waals surface area contributed by atoms with Crippen molar-refractivity contribution < 1.29 is 4.79 Å². The fourth-order valence-electron chi connectivity index (χ4n) is 3.16. The van der Waals surface area contributed by atoms with Crippen LogP contribution in [0.4, 0.5) is 5.69 Å². The van der Waals surface area contributed by atoms with E-state index in [4.69, 9.17) is 0 Å². The summed E-state index contributed by atoms with van der Waals surface area (Å²) in [7, 11) is 0. The summed E-state index contributed by atoms with van der Waals surface area (Å²) in [5, 5.41) is 8.89. The predicted octanol–water partition coefficient (Wildman–Crippen LogP) is 2.71. The minimum Gasteiger partial charge on any atom is -0.368 e. The average molecular weight is 379 g/mol. The number of aromatic nitrogens is 3. The predicted molar refractivity (Wildman–Crippen MR) is 107 cm³/mol.